The van der Waals surface area contributed by atoms with Gasteiger partial charge in [0.25, 0.3) is 0 Å². The highest BCUT2D eigenvalue weighted by Crippen LogP contribution is 2.45. The second-order valence-electron chi connectivity index (χ2n) is 12.5. The number of anilines is 1. The number of amides is 3. The molecule has 0 bridgehead atoms. The molecule has 8 heteroatoms. The van der Waals surface area contributed by atoms with Crippen molar-refractivity contribution in [3.63, 3.8) is 0 Å². The summed E-state index contributed by atoms with van der Waals surface area (Å²) in [5, 5.41) is 8.16. The van der Waals surface area contributed by atoms with Crippen molar-refractivity contribution < 1.29 is 14.4 Å². The Hall–Kier alpha value is -3.68. The van der Waals surface area contributed by atoms with Gasteiger partial charge in [-0.1, -0.05) is 18.2 Å². The number of aromatic nitrogens is 2. The van der Waals surface area contributed by atoms with E-state index >= 15 is 0 Å². The van der Waals surface area contributed by atoms with Crippen LogP contribution in [-0.4, -0.2) is 59.1 Å². The summed E-state index contributed by atoms with van der Waals surface area (Å²) in [4.78, 5) is 39.7. The maximum Gasteiger partial charge on any atom is 0.235 e. The van der Waals surface area contributed by atoms with Gasteiger partial charge in [-0.05, 0) is 91.2 Å². The second-order valence-corrected chi connectivity index (χ2v) is 12.5. The maximum atomic E-state index is 12.5. The number of hydrogen-bond donors (Lipinski definition) is 1. The molecular weight excluding hydrogens is 502 g/mol. The van der Waals surface area contributed by atoms with Crippen molar-refractivity contribution in [2.45, 2.75) is 63.2 Å². The molecule has 40 heavy (non-hydrogen) atoms. The van der Waals surface area contributed by atoms with Gasteiger partial charge in [-0.25, -0.2) is 0 Å². The van der Waals surface area contributed by atoms with E-state index in [1.807, 2.05) is 16.6 Å². The average molecular weight is 540 g/mol. The van der Waals surface area contributed by atoms with Gasteiger partial charge in [0.1, 0.15) is 0 Å². The van der Waals surface area contributed by atoms with E-state index in [-0.39, 0.29) is 17.7 Å². The Morgan fingerprint density at radius 3 is 2.48 bits per heavy atom. The van der Waals surface area contributed by atoms with Crippen molar-refractivity contribution >= 4 is 34.8 Å². The number of aryl methyl sites for hydroxylation is 1. The summed E-state index contributed by atoms with van der Waals surface area (Å²) in [6.07, 6.45) is 8.68. The van der Waals surface area contributed by atoms with Crippen LogP contribution in [0.4, 0.5) is 5.69 Å². The number of carbonyl (C=O) groups excluding carboxylic acids is 3. The van der Waals surface area contributed by atoms with Crippen molar-refractivity contribution in [2.24, 2.45) is 12.5 Å². The summed E-state index contributed by atoms with van der Waals surface area (Å²) in [5.74, 6) is -0.247. The Labute approximate surface area is 234 Å². The number of nitrogens with one attached hydrogen (secondary N) is 1. The molecule has 1 N–H and O–H groups in total. The lowest BCUT2D eigenvalue weighted by Gasteiger charge is -2.37. The molecule has 3 saturated heterocycles. The number of hydrogen-bond acceptors (Lipinski definition) is 5. The zero-order chi connectivity index (χ0) is 27.4. The Balaban J connectivity index is 1.03. The molecular formula is C32H37N5O3. The van der Waals surface area contributed by atoms with E-state index in [0.717, 1.165) is 87.7 Å². The molecule has 3 aliphatic heterocycles. The standard InChI is InChI=1S/C32H37N5O3/c1-35-28-17-25(4-5-26(28)30(34-35)27-6-7-29(39)33-31(27)40)37-12-8-21(9-13-37)22-2-3-23-18-32(19-24(23)16-22)10-14-36(20-38)15-11-32/h2-5,16-17,20-21,27H,6-15,18-19H2,1H3,(H,33,39,40). The fourth-order valence-electron chi connectivity index (χ4n) is 7.72. The van der Waals surface area contributed by atoms with Gasteiger partial charge in [0, 0.05) is 50.7 Å². The molecule has 8 nitrogen and oxygen atoms in total. The predicted molar refractivity (Wildman–Crippen MR) is 153 cm³/mol. The van der Waals surface area contributed by atoms with Crippen LogP contribution in [0.25, 0.3) is 10.9 Å². The smallest absolute Gasteiger partial charge is 0.235 e. The van der Waals surface area contributed by atoms with Gasteiger partial charge < -0.3 is 9.80 Å². The molecule has 1 aromatic heterocycles. The number of carbonyl (C=O) groups is 3. The van der Waals surface area contributed by atoms with Crippen molar-refractivity contribution in [1.82, 2.24) is 20.0 Å². The SMILES string of the molecule is Cn1nc(C2CCC(=O)NC2=O)c2ccc(N3CCC(c4ccc5c(c4)CC4(CCN(C=O)CC4)C5)CC3)cc21. The molecule has 3 aromatic rings. The number of likely N-dealkylation sites (tertiary alicyclic amines) is 1. The van der Waals surface area contributed by atoms with Gasteiger partial charge in [0.2, 0.25) is 18.2 Å². The van der Waals surface area contributed by atoms with Crippen LogP contribution in [0.3, 0.4) is 0 Å². The number of rotatable bonds is 4. The topological polar surface area (TPSA) is 87.5 Å². The first-order chi connectivity index (χ1) is 19.4. The number of imide groups is 1. The molecule has 3 amide bonds. The van der Waals surface area contributed by atoms with Gasteiger partial charge in [-0.15, -0.1) is 0 Å². The maximum absolute atomic E-state index is 12.5. The van der Waals surface area contributed by atoms with Gasteiger partial charge in [-0.2, -0.15) is 5.10 Å². The third-order valence-corrected chi connectivity index (χ3v) is 10.1. The minimum Gasteiger partial charge on any atom is -0.371 e. The molecule has 1 atom stereocenters. The van der Waals surface area contributed by atoms with Crippen LogP contribution in [0.1, 0.15) is 72.7 Å². The third kappa shape index (κ3) is 4.38. The highest BCUT2D eigenvalue weighted by molar-refractivity contribution is 6.02. The lowest BCUT2D eigenvalue weighted by Crippen LogP contribution is -2.39. The fourth-order valence-corrected chi connectivity index (χ4v) is 7.72. The van der Waals surface area contributed by atoms with Crippen LogP contribution < -0.4 is 10.2 Å². The number of nitrogens with zero attached hydrogens (tertiary/aromatic N) is 4. The Morgan fingerprint density at radius 1 is 0.950 bits per heavy atom. The quantitative estimate of drug-likeness (QED) is 0.403. The zero-order valence-electron chi connectivity index (χ0n) is 23.2. The van der Waals surface area contributed by atoms with Crippen LogP contribution in [0.2, 0.25) is 0 Å². The molecule has 2 aromatic carbocycles. The Kier molecular flexibility index (Phi) is 6.17. The number of fused-ring (bicyclic) bond motifs is 2. The average Bonchev–Trinajstić information content (AvgIpc) is 3.49. The first kappa shape index (κ1) is 25.3. The van der Waals surface area contributed by atoms with Crippen LogP contribution in [0.15, 0.2) is 36.4 Å². The monoisotopic (exact) mass is 539 g/mol. The summed E-state index contributed by atoms with van der Waals surface area (Å²) in [7, 11) is 1.93. The normalized spacial score (nSPS) is 23.1. The van der Waals surface area contributed by atoms with Crippen LogP contribution in [0, 0.1) is 5.41 Å². The van der Waals surface area contributed by atoms with Crippen molar-refractivity contribution in [2.75, 3.05) is 31.1 Å². The van der Waals surface area contributed by atoms with E-state index in [4.69, 9.17) is 5.10 Å². The van der Waals surface area contributed by atoms with Crippen LogP contribution in [0.5, 0.6) is 0 Å². The first-order valence-electron chi connectivity index (χ1n) is 14.8. The van der Waals surface area contributed by atoms with Gasteiger partial charge in [0.15, 0.2) is 0 Å². The summed E-state index contributed by atoms with van der Waals surface area (Å²) in [6, 6.07) is 13.7. The van der Waals surface area contributed by atoms with Gasteiger partial charge in [-0.3, -0.25) is 24.4 Å². The zero-order valence-corrected chi connectivity index (χ0v) is 23.2. The third-order valence-electron chi connectivity index (χ3n) is 10.1. The minimum atomic E-state index is -0.380. The first-order valence-corrected chi connectivity index (χ1v) is 14.8. The summed E-state index contributed by atoms with van der Waals surface area (Å²) >= 11 is 0. The highest BCUT2D eigenvalue weighted by atomic mass is 16.2. The second kappa shape index (κ2) is 9.75. The lowest BCUT2D eigenvalue weighted by atomic mass is 9.76. The number of piperidine rings is 3. The Morgan fingerprint density at radius 2 is 1.73 bits per heavy atom. The van der Waals surface area contributed by atoms with E-state index in [0.29, 0.717) is 24.2 Å². The highest BCUT2D eigenvalue weighted by Gasteiger charge is 2.40. The van der Waals surface area contributed by atoms with Gasteiger partial charge in [0.05, 0.1) is 17.1 Å². The molecule has 3 fully saturated rings. The molecule has 4 heterocycles. The molecule has 4 aliphatic rings. The molecule has 1 unspecified atom stereocenters. The molecule has 208 valence electrons. The van der Waals surface area contributed by atoms with Crippen LogP contribution in [-0.2, 0) is 34.3 Å². The molecule has 7 rings (SSSR count). The van der Waals surface area contributed by atoms with E-state index in [1.165, 1.54) is 22.4 Å². The van der Waals surface area contributed by atoms with Crippen LogP contribution >= 0.6 is 0 Å². The summed E-state index contributed by atoms with van der Waals surface area (Å²) in [5.41, 5.74) is 7.87. The molecule has 1 aliphatic carbocycles. The Bertz CT molecular complexity index is 1490. The fraction of sp³-hybridized carbons (Fsp3) is 0.500. The van der Waals surface area contributed by atoms with Gasteiger partial charge >= 0.3 is 0 Å². The molecule has 0 saturated carbocycles. The summed E-state index contributed by atoms with van der Waals surface area (Å²) < 4.78 is 1.87. The summed E-state index contributed by atoms with van der Waals surface area (Å²) in [6.45, 7) is 3.81. The van der Waals surface area contributed by atoms with Crippen molar-refractivity contribution in [1.29, 1.82) is 0 Å². The van der Waals surface area contributed by atoms with E-state index in [2.05, 4.69) is 46.6 Å². The van der Waals surface area contributed by atoms with Crippen molar-refractivity contribution in [3.05, 3.63) is 58.8 Å². The van der Waals surface area contributed by atoms with E-state index in [9.17, 15) is 14.4 Å². The lowest BCUT2D eigenvalue weighted by molar-refractivity contribution is -0.134. The predicted octanol–water partition coefficient (Wildman–Crippen LogP) is 3.81. The van der Waals surface area contributed by atoms with E-state index in [1.54, 1.807) is 0 Å². The number of benzene rings is 2. The van der Waals surface area contributed by atoms with E-state index < -0.39 is 0 Å². The largest absolute Gasteiger partial charge is 0.371 e. The van der Waals surface area contributed by atoms with Crippen molar-refractivity contribution in [3.8, 4) is 0 Å². The molecule has 0 radical (unpaired) electrons. The molecule has 1 spiro atoms. The minimum absolute atomic E-state index is 0.202.